The van der Waals surface area contributed by atoms with Crippen LogP contribution < -0.4 is 0 Å². The fraction of sp³-hybridized carbons (Fsp3) is 0.329. The second-order valence-corrected chi connectivity index (χ2v) is 18.7. The molecule has 1 fully saturated rings. The molecule has 0 aromatic heterocycles. The SMILES string of the molecule is C.C#CC#CC#CC#CC#CC#CC#CC.CCOCC[C@H](O)[C@](C)(OCc1ccc(-c2ccccc2)cc1)C(=O)CO.CCOCC[C@H](O)[C@](C)(OCc1ccc(-c2ccccc2)cc1)C(=O)N1C(=O)OC(C)(C)[C@@H]1c1ccccc1. The standard InChI is InChI=1S/C32H37NO6.C22H28O5.C15H4.CH4/c1-5-37-21-20-27(34)32(4,38-22-23-16-18-25(19-17-23)24-12-8-6-9-13-24)29(35)33-28(26-14-10-7-11-15-26)31(2,3)39-30(33)36;1-3-26-14-13-20(24)22(2,21(25)15-23)27-16-17-9-11-19(12-10-17)18-7-5-4-6-8-18;1-3-5-7-9-11-13-15-14-12-10-8-6-4-2;/h6-19,27-28,34H,5,20-22H2,1-4H3;4-12,20,23-24H,3,13-16H2,1-2H3;1H,2H3;1H4/t27-,28-,32-;20-,22-;;/m00../s1. The number of carbonyl (C=O) groups is 3. The van der Waals surface area contributed by atoms with Gasteiger partial charge in [-0.15, -0.1) is 6.42 Å². The summed E-state index contributed by atoms with van der Waals surface area (Å²) in [6, 6.07) is 44.3. The highest BCUT2D eigenvalue weighted by atomic mass is 16.6. The summed E-state index contributed by atoms with van der Waals surface area (Å²) in [4.78, 5) is 40.6. The van der Waals surface area contributed by atoms with E-state index in [1.165, 1.54) is 13.8 Å². The van der Waals surface area contributed by atoms with Crippen molar-refractivity contribution >= 4 is 17.8 Å². The van der Waals surface area contributed by atoms with Crippen LogP contribution in [0.1, 0.15) is 91.5 Å². The molecule has 2 amide bonds. The molecule has 0 radical (unpaired) electrons. The minimum Gasteiger partial charge on any atom is -0.440 e. The van der Waals surface area contributed by atoms with Gasteiger partial charge in [-0.25, -0.2) is 9.69 Å². The van der Waals surface area contributed by atoms with E-state index < -0.39 is 59.4 Å². The maximum atomic E-state index is 14.2. The highest BCUT2D eigenvalue weighted by molar-refractivity contribution is 5.99. The summed E-state index contributed by atoms with van der Waals surface area (Å²) < 4.78 is 28.3. The van der Waals surface area contributed by atoms with Gasteiger partial charge in [-0.2, -0.15) is 0 Å². The maximum Gasteiger partial charge on any atom is 0.417 e. The Labute approximate surface area is 485 Å². The number of hydrogen-bond acceptors (Lipinski definition) is 11. The van der Waals surface area contributed by atoms with Crippen molar-refractivity contribution in [2.45, 2.75) is 117 Å². The Kier molecular flexibility index (Phi) is 29.6. The molecule has 1 aliphatic heterocycles. The number of imide groups is 1. The number of nitrogens with zero attached hydrogens (tertiary/aromatic N) is 1. The molecule has 1 saturated heterocycles. The zero-order chi connectivity index (χ0) is 58.9. The average molecular weight is 1100 g/mol. The number of cyclic esters (lactones) is 1. The van der Waals surface area contributed by atoms with E-state index in [0.717, 1.165) is 43.8 Å². The summed E-state index contributed by atoms with van der Waals surface area (Å²) in [5, 5.41) is 31.0. The van der Waals surface area contributed by atoms with E-state index >= 15 is 0 Å². The van der Waals surface area contributed by atoms with E-state index in [1.807, 2.05) is 153 Å². The first-order valence-electron chi connectivity index (χ1n) is 26.3. The molecule has 3 N–H and O–H groups in total. The zero-order valence-electron chi connectivity index (χ0n) is 47.0. The van der Waals surface area contributed by atoms with Crippen molar-refractivity contribution in [3.63, 3.8) is 0 Å². The van der Waals surface area contributed by atoms with Gasteiger partial charge >= 0.3 is 6.09 Å². The monoisotopic (exact) mass is 1100 g/mol. The fourth-order valence-corrected chi connectivity index (χ4v) is 8.12. The normalized spacial score (nSPS) is 14.4. The molecule has 0 aliphatic carbocycles. The van der Waals surface area contributed by atoms with Crippen LogP contribution in [0, 0.1) is 83.4 Å². The lowest BCUT2D eigenvalue weighted by Crippen LogP contribution is -2.57. The smallest absolute Gasteiger partial charge is 0.417 e. The summed E-state index contributed by atoms with van der Waals surface area (Å²) in [5.41, 5.74) is 2.63. The first-order valence-corrected chi connectivity index (χ1v) is 26.3. The second kappa shape index (κ2) is 35.9. The second-order valence-electron chi connectivity index (χ2n) is 18.7. The van der Waals surface area contributed by atoms with Gasteiger partial charge in [0.05, 0.1) is 25.4 Å². The molecule has 12 nitrogen and oxygen atoms in total. The van der Waals surface area contributed by atoms with Crippen molar-refractivity contribution in [1.82, 2.24) is 4.90 Å². The van der Waals surface area contributed by atoms with E-state index in [9.17, 15) is 29.7 Å². The molecule has 1 aliphatic rings. The Morgan fingerprint density at radius 1 is 0.610 bits per heavy atom. The molecule has 0 unspecified atom stereocenters. The fourth-order valence-electron chi connectivity index (χ4n) is 8.12. The molecule has 5 atom stereocenters. The predicted octanol–water partition coefficient (Wildman–Crippen LogP) is 10.2. The molecule has 6 rings (SSSR count). The largest absolute Gasteiger partial charge is 0.440 e. The van der Waals surface area contributed by atoms with Crippen molar-refractivity contribution in [3.05, 3.63) is 156 Å². The van der Waals surface area contributed by atoms with Crippen LogP contribution in [0.4, 0.5) is 4.79 Å². The average Bonchev–Trinajstić information content (AvgIpc) is 2.68. The number of amides is 2. The predicted molar refractivity (Wildman–Crippen MR) is 321 cm³/mol. The number of hydrogen-bond donors (Lipinski definition) is 3. The van der Waals surface area contributed by atoms with Crippen molar-refractivity contribution in [2.24, 2.45) is 0 Å². The minimum absolute atomic E-state index is 0. The zero-order valence-corrected chi connectivity index (χ0v) is 47.0. The van der Waals surface area contributed by atoms with Crippen LogP contribution in [0.3, 0.4) is 0 Å². The van der Waals surface area contributed by atoms with Crippen LogP contribution in [0.5, 0.6) is 0 Å². The molecule has 0 saturated carbocycles. The maximum absolute atomic E-state index is 14.2. The lowest BCUT2D eigenvalue weighted by atomic mass is 9.88. The first-order chi connectivity index (χ1) is 39.1. The van der Waals surface area contributed by atoms with E-state index in [0.29, 0.717) is 19.8 Å². The lowest BCUT2D eigenvalue weighted by molar-refractivity contribution is -0.175. The Morgan fingerprint density at radius 3 is 1.39 bits per heavy atom. The van der Waals surface area contributed by atoms with Gasteiger partial charge in [0.2, 0.25) is 0 Å². The van der Waals surface area contributed by atoms with Gasteiger partial charge in [-0.1, -0.05) is 153 Å². The number of rotatable bonds is 22. The molecule has 5 aromatic rings. The molecule has 0 bridgehead atoms. The van der Waals surface area contributed by atoms with Crippen molar-refractivity contribution < 1.29 is 53.4 Å². The van der Waals surface area contributed by atoms with Crippen molar-refractivity contribution in [3.8, 4) is 106 Å². The van der Waals surface area contributed by atoms with E-state index in [1.54, 1.807) is 20.8 Å². The summed E-state index contributed by atoms with van der Waals surface area (Å²) in [6.45, 7) is 13.1. The number of ether oxygens (including phenoxy) is 5. The molecule has 424 valence electrons. The number of aliphatic hydroxyl groups excluding tert-OH is 3. The molecule has 1 heterocycles. The summed E-state index contributed by atoms with van der Waals surface area (Å²) in [5.74, 6) is 30.7. The highest BCUT2D eigenvalue weighted by Crippen LogP contribution is 2.43. The van der Waals surface area contributed by atoms with Crippen molar-refractivity contribution in [2.75, 3.05) is 33.0 Å². The Balaban J connectivity index is 0.000000356. The lowest BCUT2D eigenvalue weighted by Gasteiger charge is -2.37. The van der Waals surface area contributed by atoms with Crippen LogP contribution in [-0.4, -0.2) is 100 Å². The number of terminal acetylenes is 1. The molecular weight excluding hydrogens is 1030 g/mol. The Bertz CT molecular complexity index is 3250. The van der Waals surface area contributed by atoms with Gasteiger partial charge in [-0.3, -0.25) is 9.59 Å². The number of carbonyl (C=O) groups excluding carboxylic acids is 3. The molecule has 82 heavy (non-hydrogen) atoms. The molecule has 5 aromatic carbocycles. The molecule has 12 heteroatoms. The molecular formula is C70H73NO11. The summed E-state index contributed by atoms with van der Waals surface area (Å²) in [7, 11) is 0. The van der Waals surface area contributed by atoms with Crippen LogP contribution in [0.2, 0.25) is 0 Å². The van der Waals surface area contributed by atoms with Gasteiger partial charge in [0.15, 0.2) is 17.0 Å². The van der Waals surface area contributed by atoms with E-state index in [2.05, 4.69) is 77.0 Å². The van der Waals surface area contributed by atoms with Crippen LogP contribution >= 0.6 is 0 Å². The minimum atomic E-state index is -1.73. The van der Waals surface area contributed by atoms with Crippen LogP contribution in [0.25, 0.3) is 22.3 Å². The number of ketones is 1. The van der Waals surface area contributed by atoms with Gasteiger partial charge in [-0.05, 0) is 165 Å². The third-order valence-electron chi connectivity index (χ3n) is 12.7. The summed E-state index contributed by atoms with van der Waals surface area (Å²) >= 11 is 0. The Morgan fingerprint density at radius 2 is 0.988 bits per heavy atom. The highest BCUT2D eigenvalue weighted by Gasteiger charge is 2.57. The number of benzene rings is 5. The number of aliphatic hydroxyl groups is 3. The third kappa shape index (κ3) is 20.8. The van der Waals surface area contributed by atoms with E-state index in [4.69, 9.17) is 30.1 Å². The van der Waals surface area contributed by atoms with Gasteiger partial charge in [0, 0.05) is 32.8 Å². The first kappa shape index (κ1) is 67.6. The topological polar surface area (TPSA) is 161 Å². The van der Waals surface area contributed by atoms with Gasteiger partial charge in [0.1, 0.15) is 18.2 Å². The van der Waals surface area contributed by atoms with Crippen molar-refractivity contribution in [1.29, 1.82) is 0 Å². The van der Waals surface area contributed by atoms with Gasteiger partial charge in [0.25, 0.3) is 5.91 Å². The molecule has 0 spiro atoms. The summed E-state index contributed by atoms with van der Waals surface area (Å²) in [6.07, 6.45) is 2.23. The number of Topliss-reactive ketones (excluding diaryl/α,β-unsaturated/α-hetero) is 1. The third-order valence-corrected chi connectivity index (χ3v) is 12.7. The van der Waals surface area contributed by atoms with Crippen LogP contribution in [0.15, 0.2) is 140 Å². The van der Waals surface area contributed by atoms with E-state index in [-0.39, 0.29) is 40.1 Å². The Hall–Kier alpha value is -8.65. The quantitative estimate of drug-likeness (QED) is 0.0447. The van der Waals surface area contributed by atoms with Gasteiger partial charge < -0.3 is 39.0 Å². The van der Waals surface area contributed by atoms with Crippen LogP contribution in [-0.2, 0) is 46.5 Å².